The van der Waals surface area contributed by atoms with Crippen LogP contribution in [0, 0.1) is 13.8 Å². The van der Waals surface area contributed by atoms with Gasteiger partial charge in [0.2, 0.25) is 5.91 Å². The summed E-state index contributed by atoms with van der Waals surface area (Å²) in [5, 5.41) is 2.21. The van der Waals surface area contributed by atoms with Crippen molar-refractivity contribution in [3.05, 3.63) is 82.9 Å². The lowest BCUT2D eigenvalue weighted by molar-refractivity contribution is -0.122. The van der Waals surface area contributed by atoms with Crippen LogP contribution < -0.4 is 16.0 Å². The molecule has 1 fully saturated rings. The van der Waals surface area contributed by atoms with Crippen LogP contribution in [-0.2, 0) is 9.59 Å². The highest BCUT2D eigenvalue weighted by Gasteiger charge is 2.37. The van der Waals surface area contributed by atoms with Crippen LogP contribution in [0.15, 0.2) is 60.4 Å². The van der Waals surface area contributed by atoms with Gasteiger partial charge < -0.3 is 10.3 Å². The molecule has 0 atom stereocenters. The van der Waals surface area contributed by atoms with E-state index in [1.54, 1.807) is 24.3 Å². The fourth-order valence-electron chi connectivity index (χ4n) is 3.65. The molecule has 3 N–H and O–H groups in total. The molecule has 1 aliphatic heterocycles. The Kier molecular flexibility index (Phi) is 5.15. The minimum Gasteiger partial charge on any atom is -0.366 e. The number of hydrogen-bond donors (Lipinski definition) is 2. The van der Waals surface area contributed by atoms with Crippen LogP contribution in [0.2, 0.25) is 0 Å². The third-order valence-corrected chi connectivity index (χ3v) is 5.20. The maximum Gasteiger partial charge on any atom is 0.335 e. The molecule has 3 aromatic rings. The molecule has 5 amide bonds. The number of aryl methyl sites for hydroxylation is 1. The largest absolute Gasteiger partial charge is 0.366 e. The van der Waals surface area contributed by atoms with E-state index in [4.69, 9.17) is 5.73 Å². The molecule has 0 saturated carbocycles. The van der Waals surface area contributed by atoms with Crippen molar-refractivity contribution in [2.75, 3.05) is 4.90 Å². The maximum absolute atomic E-state index is 13.0. The molecule has 3 heterocycles. The lowest BCUT2D eigenvalue weighted by Gasteiger charge is -2.26. The van der Waals surface area contributed by atoms with E-state index in [0.29, 0.717) is 16.8 Å². The van der Waals surface area contributed by atoms with Crippen molar-refractivity contribution in [2.45, 2.75) is 13.8 Å². The van der Waals surface area contributed by atoms with Crippen molar-refractivity contribution >= 4 is 35.5 Å². The summed E-state index contributed by atoms with van der Waals surface area (Å²) in [5.74, 6) is -2.00. The number of nitrogens with zero attached hydrogens (tertiary/aromatic N) is 3. The van der Waals surface area contributed by atoms with Gasteiger partial charge >= 0.3 is 6.03 Å². The summed E-state index contributed by atoms with van der Waals surface area (Å²) in [6, 6.07) is 10.8. The molecule has 32 heavy (non-hydrogen) atoms. The van der Waals surface area contributed by atoms with Crippen LogP contribution in [0.3, 0.4) is 0 Å². The number of anilines is 1. The van der Waals surface area contributed by atoms with Crippen molar-refractivity contribution in [3.8, 4) is 5.69 Å². The predicted octanol–water partition coefficient (Wildman–Crippen LogP) is 2.25. The number of benzene rings is 1. The number of imide groups is 2. The van der Waals surface area contributed by atoms with Gasteiger partial charge in [-0.25, -0.2) is 9.69 Å². The van der Waals surface area contributed by atoms with Crippen LogP contribution in [0.4, 0.5) is 10.5 Å². The highest BCUT2D eigenvalue weighted by molar-refractivity contribution is 6.39. The first kappa shape index (κ1) is 20.7. The van der Waals surface area contributed by atoms with Gasteiger partial charge in [0, 0.05) is 35.0 Å². The fourth-order valence-corrected chi connectivity index (χ4v) is 3.65. The number of barbiturate groups is 1. The van der Waals surface area contributed by atoms with Crippen LogP contribution >= 0.6 is 0 Å². The third-order valence-electron chi connectivity index (χ3n) is 5.20. The van der Waals surface area contributed by atoms with E-state index >= 15 is 0 Å². The number of nitrogens with one attached hydrogen (secondary N) is 1. The molecule has 0 radical (unpaired) electrons. The number of nitrogens with two attached hydrogens (primary N) is 1. The molecule has 0 spiro atoms. The predicted molar refractivity (Wildman–Crippen MR) is 117 cm³/mol. The number of carbonyl (C=O) groups excluding carboxylic acids is 4. The summed E-state index contributed by atoms with van der Waals surface area (Å²) in [5.41, 5.74) is 8.91. The van der Waals surface area contributed by atoms with Crippen LogP contribution in [-0.4, -0.2) is 33.3 Å². The fraction of sp³-hybridized carbons (Fsp3) is 0.0870. The molecular weight excluding hydrogens is 410 g/mol. The number of primary amides is 1. The first-order valence-corrected chi connectivity index (χ1v) is 9.68. The summed E-state index contributed by atoms with van der Waals surface area (Å²) in [6.07, 6.45) is 4.37. The number of hydrogen-bond acceptors (Lipinski definition) is 5. The lowest BCUT2D eigenvalue weighted by atomic mass is 10.1. The second-order valence-electron chi connectivity index (χ2n) is 7.24. The van der Waals surface area contributed by atoms with Gasteiger partial charge in [-0.3, -0.25) is 24.7 Å². The molecule has 0 unspecified atom stereocenters. The molecule has 1 aliphatic rings. The highest BCUT2D eigenvalue weighted by atomic mass is 16.2. The Bertz CT molecular complexity index is 1290. The number of rotatable bonds is 4. The average Bonchev–Trinajstić information content (AvgIpc) is 3.04. The Labute approximate surface area is 183 Å². The molecule has 9 nitrogen and oxygen atoms in total. The van der Waals surface area contributed by atoms with E-state index < -0.39 is 23.8 Å². The number of carbonyl (C=O) groups is 4. The van der Waals surface area contributed by atoms with Crippen molar-refractivity contribution in [1.82, 2.24) is 14.9 Å². The number of pyridine rings is 1. The number of aromatic nitrogens is 2. The van der Waals surface area contributed by atoms with E-state index in [1.807, 2.05) is 24.5 Å². The van der Waals surface area contributed by atoms with Crippen molar-refractivity contribution in [2.24, 2.45) is 5.73 Å². The molecule has 2 aromatic heterocycles. The van der Waals surface area contributed by atoms with Gasteiger partial charge in [-0.2, -0.15) is 0 Å². The number of amides is 5. The van der Waals surface area contributed by atoms with Crippen LogP contribution in [0.25, 0.3) is 11.8 Å². The summed E-state index contributed by atoms with van der Waals surface area (Å²) < 4.78 is 1.92. The first-order chi connectivity index (χ1) is 15.3. The molecule has 1 saturated heterocycles. The van der Waals surface area contributed by atoms with Crippen molar-refractivity contribution in [1.29, 1.82) is 0 Å². The molecule has 9 heteroatoms. The van der Waals surface area contributed by atoms with Gasteiger partial charge in [0.25, 0.3) is 11.8 Å². The monoisotopic (exact) mass is 429 g/mol. The quantitative estimate of drug-likeness (QED) is 0.486. The Morgan fingerprint density at radius 3 is 2.28 bits per heavy atom. The van der Waals surface area contributed by atoms with E-state index in [2.05, 4.69) is 10.3 Å². The van der Waals surface area contributed by atoms with Gasteiger partial charge in [-0.05, 0) is 68.0 Å². The van der Waals surface area contributed by atoms with E-state index in [1.165, 1.54) is 30.6 Å². The van der Waals surface area contributed by atoms with E-state index in [9.17, 15) is 19.2 Å². The molecule has 1 aromatic carbocycles. The smallest absolute Gasteiger partial charge is 0.335 e. The Morgan fingerprint density at radius 1 is 1.00 bits per heavy atom. The van der Waals surface area contributed by atoms with Gasteiger partial charge in [0.1, 0.15) is 5.57 Å². The topological polar surface area (TPSA) is 127 Å². The second-order valence-corrected chi connectivity index (χ2v) is 7.24. The second kappa shape index (κ2) is 7.95. The minimum absolute atomic E-state index is 0.161. The van der Waals surface area contributed by atoms with Gasteiger partial charge in [0.15, 0.2) is 0 Å². The molecule has 0 bridgehead atoms. The Hall–Kier alpha value is -4.53. The van der Waals surface area contributed by atoms with E-state index in [-0.39, 0.29) is 5.57 Å². The molecular formula is C23H19N5O4. The minimum atomic E-state index is -0.816. The van der Waals surface area contributed by atoms with Crippen LogP contribution in [0.1, 0.15) is 27.3 Å². The summed E-state index contributed by atoms with van der Waals surface area (Å²) in [7, 11) is 0. The highest BCUT2D eigenvalue weighted by Crippen LogP contribution is 2.26. The third kappa shape index (κ3) is 3.56. The van der Waals surface area contributed by atoms with Crippen molar-refractivity contribution < 1.29 is 19.2 Å². The maximum atomic E-state index is 13.0. The standard InChI is InChI=1S/C23H19N5O4/c1-13-11-16(14(2)27(13)17-5-3-15(4-6-17)20(24)29)12-19-21(30)26-23(32)28(22(19)31)18-7-9-25-10-8-18/h3-12H,1-2H3,(H2,24,29)(H,26,30,32)/b19-12+. The normalized spacial score (nSPS) is 15.2. The zero-order chi connectivity index (χ0) is 23.0. The molecule has 4 rings (SSSR count). The van der Waals surface area contributed by atoms with Crippen LogP contribution in [0.5, 0.6) is 0 Å². The first-order valence-electron chi connectivity index (χ1n) is 9.68. The molecule has 160 valence electrons. The van der Waals surface area contributed by atoms with Gasteiger partial charge in [-0.15, -0.1) is 0 Å². The van der Waals surface area contributed by atoms with Gasteiger partial charge in [-0.1, -0.05) is 0 Å². The zero-order valence-electron chi connectivity index (χ0n) is 17.3. The molecule has 0 aliphatic carbocycles. The average molecular weight is 429 g/mol. The number of urea groups is 1. The van der Waals surface area contributed by atoms with Gasteiger partial charge in [0.05, 0.1) is 5.69 Å². The summed E-state index contributed by atoms with van der Waals surface area (Å²) in [4.78, 5) is 53.9. The summed E-state index contributed by atoms with van der Waals surface area (Å²) in [6.45, 7) is 3.73. The van der Waals surface area contributed by atoms with Crippen molar-refractivity contribution in [3.63, 3.8) is 0 Å². The Morgan fingerprint density at radius 2 is 1.66 bits per heavy atom. The summed E-state index contributed by atoms with van der Waals surface area (Å²) >= 11 is 0. The SMILES string of the molecule is Cc1cc(/C=C2\C(=O)NC(=O)N(c3ccncc3)C2=O)c(C)n1-c1ccc(C(N)=O)cc1. The Balaban J connectivity index is 1.74. The lowest BCUT2D eigenvalue weighted by Crippen LogP contribution is -2.54. The van der Waals surface area contributed by atoms with E-state index in [0.717, 1.165) is 22.0 Å². The zero-order valence-corrected chi connectivity index (χ0v) is 17.3.